The number of ether oxygens (including phenoxy) is 5. The Balaban J connectivity index is 3.74. The van der Waals surface area contributed by atoms with Gasteiger partial charge in [0.2, 0.25) is 11.8 Å². The second kappa shape index (κ2) is 12.8. The third-order valence-corrected chi connectivity index (χ3v) is 5.91. The molecule has 0 unspecified atom stereocenters. The van der Waals surface area contributed by atoms with Crippen LogP contribution in [0.15, 0.2) is 0 Å². The van der Waals surface area contributed by atoms with E-state index >= 15 is 0 Å². The molecule has 1 saturated heterocycles. The number of hydrogen-bond donors (Lipinski definition) is 3. The molecule has 1 aliphatic rings. The van der Waals surface area contributed by atoms with Crippen LogP contribution in [0.5, 0.6) is 0 Å². The van der Waals surface area contributed by atoms with Crippen molar-refractivity contribution in [2.45, 2.75) is 75.6 Å². The average molecular weight is 569 g/mol. The minimum absolute atomic E-state index is 0.608. The Morgan fingerprint density at radius 2 is 1.43 bits per heavy atom. The molecule has 0 aliphatic carbocycles. The fourth-order valence-corrected chi connectivity index (χ4v) is 4.27. The summed E-state index contributed by atoms with van der Waals surface area (Å²) in [5.74, 6) is -7.80. The van der Waals surface area contributed by atoms with E-state index in [4.69, 9.17) is 18.9 Å². The zero-order chi connectivity index (χ0) is 27.1. The van der Waals surface area contributed by atoms with Gasteiger partial charge in [-0.2, -0.15) is 0 Å². The van der Waals surface area contributed by atoms with Gasteiger partial charge < -0.3 is 39.4 Å². The fourth-order valence-electron chi connectivity index (χ4n) is 3.51. The molecular formula is C20H29BrN2O12. The number of halogens is 1. The Morgan fingerprint density at radius 3 is 1.86 bits per heavy atom. The molecule has 1 aliphatic heterocycles. The van der Waals surface area contributed by atoms with Crippen LogP contribution in [0.4, 0.5) is 0 Å². The van der Waals surface area contributed by atoms with E-state index in [2.05, 4.69) is 31.3 Å². The number of esters is 4. The number of methoxy groups -OCH3 is 1. The van der Waals surface area contributed by atoms with Gasteiger partial charge in [0.1, 0.15) is 17.5 Å². The largest absolute Gasteiger partial charge is 0.465 e. The lowest BCUT2D eigenvalue weighted by Crippen LogP contribution is -2.75. The topological polar surface area (TPSA) is 193 Å². The summed E-state index contributed by atoms with van der Waals surface area (Å²) < 4.78 is 25.7. The maximum atomic E-state index is 12.5. The number of alkyl halides is 1. The molecule has 2 amide bonds. The summed E-state index contributed by atoms with van der Waals surface area (Å²) in [6.07, 6.45) is -4.80. The van der Waals surface area contributed by atoms with Gasteiger partial charge in [-0.05, 0) is 0 Å². The van der Waals surface area contributed by atoms with Crippen LogP contribution in [-0.2, 0) is 52.5 Å². The highest BCUT2D eigenvalue weighted by Gasteiger charge is 2.61. The zero-order valence-corrected chi connectivity index (χ0v) is 21.6. The van der Waals surface area contributed by atoms with Crippen LogP contribution in [0.2, 0.25) is 0 Å². The molecule has 14 nitrogen and oxygen atoms in total. The van der Waals surface area contributed by atoms with Crippen molar-refractivity contribution < 1.29 is 57.6 Å². The van der Waals surface area contributed by atoms with E-state index in [1.807, 2.05) is 0 Å². The lowest BCUT2D eigenvalue weighted by Gasteiger charge is -2.50. The molecule has 0 radical (unpaired) electrons. The summed E-state index contributed by atoms with van der Waals surface area (Å²) in [6.45, 7) is 4.83. The van der Waals surface area contributed by atoms with E-state index in [1.54, 1.807) is 0 Å². The molecule has 0 aromatic carbocycles. The van der Waals surface area contributed by atoms with Gasteiger partial charge in [0.05, 0.1) is 19.2 Å². The maximum Gasteiger partial charge on any atom is 0.367 e. The quantitative estimate of drug-likeness (QED) is 0.165. The van der Waals surface area contributed by atoms with Crippen LogP contribution in [0.3, 0.4) is 0 Å². The van der Waals surface area contributed by atoms with Crippen molar-refractivity contribution in [2.75, 3.05) is 13.7 Å². The Bertz CT molecular complexity index is 852. The third kappa shape index (κ3) is 8.14. The molecule has 0 aromatic heterocycles. The minimum Gasteiger partial charge on any atom is -0.465 e. The first-order valence-electron chi connectivity index (χ1n) is 10.3. The normalized spacial score (nSPS) is 27.4. The molecule has 198 valence electrons. The first-order valence-corrected chi connectivity index (χ1v) is 11.2. The number of aliphatic hydroxyl groups is 1. The average Bonchev–Trinajstić information content (AvgIpc) is 2.73. The monoisotopic (exact) mass is 568 g/mol. The number of carbonyl (C=O) groups excluding carboxylic acids is 6. The predicted molar refractivity (Wildman–Crippen MR) is 118 cm³/mol. The van der Waals surface area contributed by atoms with E-state index in [0.29, 0.717) is 0 Å². The first-order chi connectivity index (χ1) is 16.1. The van der Waals surface area contributed by atoms with Gasteiger partial charge >= 0.3 is 23.9 Å². The summed E-state index contributed by atoms with van der Waals surface area (Å²) >= 11 is 3.13. The number of hydrogen-bond acceptors (Lipinski definition) is 12. The molecule has 0 saturated carbocycles. The minimum atomic E-state index is -2.78. The van der Waals surface area contributed by atoms with Gasteiger partial charge in [-0.25, -0.2) is 4.79 Å². The molecule has 15 heteroatoms. The molecule has 3 N–H and O–H groups in total. The highest BCUT2D eigenvalue weighted by atomic mass is 79.9. The number of nitrogens with one attached hydrogen (secondary N) is 2. The summed E-state index contributed by atoms with van der Waals surface area (Å²) in [5, 5.41) is 16.2. The summed E-state index contributed by atoms with van der Waals surface area (Å²) in [5.41, 5.74) is 0. The van der Waals surface area contributed by atoms with Crippen molar-refractivity contribution in [2.24, 2.45) is 0 Å². The molecule has 1 rings (SSSR count). The van der Waals surface area contributed by atoms with Gasteiger partial charge in [0, 0.05) is 34.6 Å². The Kier molecular flexibility index (Phi) is 11.1. The second-order valence-corrected chi connectivity index (χ2v) is 8.64. The van der Waals surface area contributed by atoms with Crippen molar-refractivity contribution in [3.05, 3.63) is 0 Å². The second-order valence-electron chi connectivity index (χ2n) is 7.65. The van der Waals surface area contributed by atoms with Gasteiger partial charge in [-0.3, -0.25) is 24.0 Å². The van der Waals surface area contributed by atoms with Crippen molar-refractivity contribution in [1.29, 1.82) is 0 Å². The Hall–Kier alpha value is -2.78. The van der Waals surface area contributed by atoms with E-state index < -0.39 is 83.3 Å². The van der Waals surface area contributed by atoms with Crippen LogP contribution >= 0.6 is 15.9 Å². The van der Waals surface area contributed by atoms with Crippen LogP contribution in [0.25, 0.3) is 0 Å². The molecule has 1 heterocycles. The Labute approximate surface area is 209 Å². The molecular weight excluding hydrogens is 540 g/mol. The van der Waals surface area contributed by atoms with Gasteiger partial charge in [-0.15, -0.1) is 0 Å². The maximum absolute atomic E-state index is 12.5. The van der Waals surface area contributed by atoms with Crippen molar-refractivity contribution in [3.8, 4) is 0 Å². The molecule has 0 aromatic rings. The van der Waals surface area contributed by atoms with E-state index in [9.17, 15) is 33.9 Å². The van der Waals surface area contributed by atoms with Gasteiger partial charge in [0.15, 0.2) is 12.2 Å². The standard InChI is InChI=1S/C20H29BrN2O12/c1-8(24)22-14-15(23-9(2)25)18(21)20(30,19(29)31-6)35-17(14)16(34-12(5)28)13(33-11(4)27)7-32-10(3)26/h13-18,30H,7H2,1-6H3,(H,22,24)(H,23,25)/t13-,14-,15+,16+,17-,18-,20+/m1/s1. The highest BCUT2D eigenvalue weighted by Crippen LogP contribution is 2.37. The smallest absolute Gasteiger partial charge is 0.367 e. The summed E-state index contributed by atoms with van der Waals surface area (Å²) in [7, 11) is 0.970. The summed E-state index contributed by atoms with van der Waals surface area (Å²) in [4.78, 5) is 70.3. The molecule has 35 heavy (non-hydrogen) atoms. The summed E-state index contributed by atoms with van der Waals surface area (Å²) in [6, 6.07) is -2.52. The molecule has 7 atom stereocenters. The Morgan fingerprint density at radius 1 is 0.914 bits per heavy atom. The number of rotatable bonds is 9. The lowest BCUT2D eigenvalue weighted by molar-refractivity contribution is -0.283. The number of amides is 2. The van der Waals surface area contributed by atoms with Crippen LogP contribution in [-0.4, -0.2) is 95.5 Å². The molecule has 0 spiro atoms. The third-order valence-electron chi connectivity index (χ3n) is 4.72. The van der Waals surface area contributed by atoms with E-state index in [-0.39, 0.29) is 0 Å². The predicted octanol–water partition coefficient (Wildman–Crippen LogP) is -1.55. The van der Waals surface area contributed by atoms with Gasteiger partial charge in [-0.1, -0.05) is 15.9 Å². The lowest BCUT2D eigenvalue weighted by atomic mass is 9.86. The van der Waals surface area contributed by atoms with E-state index in [1.165, 1.54) is 0 Å². The molecule has 1 fully saturated rings. The van der Waals surface area contributed by atoms with Crippen LogP contribution < -0.4 is 10.6 Å². The fraction of sp³-hybridized carbons (Fsp3) is 0.700. The molecule has 0 bridgehead atoms. The van der Waals surface area contributed by atoms with Crippen molar-refractivity contribution >= 4 is 51.6 Å². The highest BCUT2D eigenvalue weighted by molar-refractivity contribution is 9.09. The first kappa shape index (κ1) is 30.3. The van der Waals surface area contributed by atoms with Crippen molar-refractivity contribution in [1.82, 2.24) is 10.6 Å². The van der Waals surface area contributed by atoms with Gasteiger partial charge in [0.25, 0.3) is 5.79 Å². The zero-order valence-electron chi connectivity index (χ0n) is 20.0. The number of carbonyl (C=O) groups is 6. The van der Waals surface area contributed by atoms with Crippen LogP contribution in [0, 0.1) is 0 Å². The van der Waals surface area contributed by atoms with E-state index in [0.717, 1.165) is 41.7 Å². The van der Waals surface area contributed by atoms with Crippen molar-refractivity contribution in [3.63, 3.8) is 0 Å². The van der Waals surface area contributed by atoms with Crippen LogP contribution in [0.1, 0.15) is 34.6 Å². The SMILES string of the molecule is COC(=O)[C@@]1(O)O[C@@H]([C@@H](OC(C)=O)[C@@H](COC(C)=O)OC(C)=O)[C@H](NC(C)=O)[C@H](NC(C)=O)[C@H]1Br.